The van der Waals surface area contributed by atoms with Crippen LogP contribution in [0.3, 0.4) is 0 Å². The van der Waals surface area contributed by atoms with Gasteiger partial charge in [-0.1, -0.05) is 17.7 Å². The molecule has 0 radical (unpaired) electrons. The van der Waals surface area contributed by atoms with Crippen LogP contribution < -0.4 is 5.14 Å². The average Bonchev–Trinajstić information content (AvgIpc) is 2.96. The summed E-state index contributed by atoms with van der Waals surface area (Å²) in [5, 5.41) is 5.55. The molecule has 0 amide bonds. The van der Waals surface area contributed by atoms with Crippen LogP contribution in [0.15, 0.2) is 59.5 Å². The molecule has 0 aliphatic heterocycles. The summed E-state index contributed by atoms with van der Waals surface area (Å²) in [5.74, 6) is -0.848. The maximum atomic E-state index is 14.3. The number of rotatable bonds is 5. The van der Waals surface area contributed by atoms with Gasteiger partial charge in [-0.2, -0.15) is 0 Å². The van der Waals surface area contributed by atoms with Gasteiger partial charge in [-0.05, 0) is 54.1 Å². The van der Waals surface area contributed by atoms with Crippen LogP contribution in [0.5, 0.6) is 0 Å². The highest BCUT2D eigenvalue weighted by Crippen LogP contribution is 2.20. The van der Waals surface area contributed by atoms with Gasteiger partial charge < -0.3 is 4.57 Å². The predicted octanol–water partition coefficient (Wildman–Crippen LogP) is 3.29. The number of primary sulfonamides is 1. The minimum atomic E-state index is -3.96. The van der Waals surface area contributed by atoms with E-state index in [2.05, 4.69) is 0 Å². The second-order valence-electron chi connectivity index (χ2n) is 6.08. The fourth-order valence-corrected chi connectivity index (χ4v) is 3.40. The number of halogens is 2. The van der Waals surface area contributed by atoms with Crippen LogP contribution in [0, 0.1) is 5.82 Å². The molecule has 27 heavy (non-hydrogen) atoms. The third-order valence-electron chi connectivity index (χ3n) is 4.29. The van der Waals surface area contributed by atoms with Crippen molar-refractivity contribution in [3.63, 3.8) is 0 Å². The van der Waals surface area contributed by atoms with Gasteiger partial charge in [0.25, 0.3) is 0 Å². The molecule has 0 aliphatic rings. The smallest absolute Gasteiger partial charge is 0.238 e. The molecule has 0 atom stereocenters. The normalized spacial score (nSPS) is 11.6. The van der Waals surface area contributed by atoms with E-state index >= 15 is 0 Å². The fraction of sp³-hybridized carbons (Fsp3) is 0.105. The first kappa shape index (κ1) is 19.3. The van der Waals surface area contributed by atoms with Crippen LogP contribution >= 0.6 is 11.6 Å². The van der Waals surface area contributed by atoms with Crippen LogP contribution in [0.2, 0.25) is 5.02 Å². The fourth-order valence-electron chi connectivity index (χ4n) is 2.75. The van der Waals surface area contributed by atoms with Crippen molar-refractivity contribution >= 4 is 27.4 Å². The number of nitrogens with zero attached hydrogens (tertiary/aromatic N) is 1. The number of sulfonamides is 1. The van der Waals surface area contributed by atoms with Gasteiger partial charge in [-0.15, -0.1) is 0 Å². The number of aromatic nitrogens is 1. The van der Waals surface area contributed by atoms with Crippen molar-refractivity contribution in [2.75, 3.05) is 0 Å². The van der Waals surface area contributed by atoms with E-state index < -0.39 is 15.8 Å². The third kappa shape index (κ3) is 4.10. The number of carbonyl (C=O) groups excluding carboxylic acids is 1. The lowest BCUT2D eigenvalue weighted by atomic mass is 10.1. The zero-order valence-electron chi connectivity index (χ0n) is 14.3. The second kappa shape index (κ2) is 7.26. The molecular weight excluding hydrogens is 391 g/mol. The van der Waals surface area contributed by atoms with Gasteiger partial charge in [0.1, 0.15) is 5.82 Å². The Morgan fingerprint density at radius 2 is 1.78 bits per heavy atom. The molecule has 8 heteroatoms. The van der Waals surface area contributed by atoms with Crippen LogP contribution in [-0.4, -0.2) is 18.8 Å². The Bertz CT molecular complexity index is 1120. The van der Waals surface area contributed by atoms with Crippen molar-refractivity contribution < 1.29 is 17.6 Å². The van der Waals surface area contributed by atoms with E-state index in [9.17, 15) is 17.6 Å². The molecule has 0 saturated heterocycles. The minimum Gasteiger partial charge on any atom is -0.345 e. The maximum Gasteiger partial charge on any atom is 0.238 e. The van der Waals surface area contributed by atoms with Crippen molar-refractivity contribution in [2.45, 2.75) is 11.3 Å². The summed E-state index contributed by atoms with van der Waals surface area (Å²) in [4.78, 5) is 12.4. The Morgan fingerprint density at radius 3 is 2.37 bits per heavy atom. The molecule has 1 heterocycles. The summed E-state index contributed by atoms with van der Waals surface area (Å²) in [6.07, 6.45) is 0.196. The largest absolute Gasteiger partial charge is 0.345 e. The van der Waals surface area contributed by atoms with Crippen molar-refractivity contribution in [1.29, 1.82) is 0 Å². The predicted molar refractivity (Wildman–Crippen MR) is 101 cm³/mol. The number of carbonyl (C=O) groups is 1. The van der Waals surface area contributed by atoms with Crippen molar-refractivity contribution in [3.05, 3.63) is 88.0 Å². The number of ketones is 1. The summed E-state index contributed by atoms with van der Waals surface area (Å²) in [6.45, 7) is 0. The zero-order chi connectivity index (χ0) is 19.8. The van der Waals surface area contributed by atoms with E-state index in [0.29, 0.717) is 27.5 Å². The first-order valence-electron chi connectivity index (χ1n) is 7.93. The van der Waals surface area contributed by atoms with Gasteiger partial charge in [-0.25, -0.2) is 17.9 Å². The first-order chi connectivity index (χ1) is 12.7. The average molecular weight is 407 g/mol. The monoisotopic (exact) mass is 406 g/mol. The molecule has 2 N–H and O–H groups in total. The van der Waals surface area contributed by atoms with Gasteiger partial charge in [0.2, 0.25) is 15.8 Å². The van der Waals surface area contributed by atoms with Crippen LogP contribution in [0.25, 0.3) is 0 Å². The van der Waals surface area contributed by atoms with E-state index in [4.69, 9.17) is 16.7 Å². The lowest BCUT2D eigenvalue weighted by molar-refractivity contribution is 0.103. The SMILES string of the molecule is Cn1c(Cc2ccc(S(N)(=O)=O)cc2F)ccc1C(=O)c1ccc(Cl)cc1. The highest BCUT2D eigenvalue weighted by Gasteiger charge is 2.17. The summed E-state index contributed by atoms with van der Waals surface area (Å²) < 4.78 is 38.6. The molecule has 0 aliphatic carbocycles. The summed E-state index contributed by atoms with van der Waals surface area (Å²) in [7, 11) is -2.25. The topological polar surface area (TPSA) is 82.2 Å². The van der Waals surface area contributed by atoms with E-state index in [1.807, 2.05) is 0 Å². The van der Waals surface area contributed by atoms with Gasteiger partial charge >= 0.3 is 0 Å². The summed E-state index contributed by atoms with van der Waals surface area (Å²) in [5.41, 5.74) is 1.95. The van der Waals surface area contributed by atoms with E-state index in [1.54, 1.807) is 48.0 Å². The Kier molecular flexibility index (Phi) is 5.19. The molecule has 2 aromatic carbocycles. The van der Waals surface area contributed by atoms with Crippen molar-refractivity contribution in [1.82, 2.24) is 4.57 Å². The minimum absolute atomic E-state index is 0.175. The molecule has 1 aromatic heterocycles. The lowest BCUT2D eigenvalue weighted by Gasteiger charge is -2.09. The summed E-state index contributed by atoms with van der Waals surface area (Å²) >= 11 is 5.84. The zero-order valence-corrected chi connectivity index (χ0v) is 15.9. The second-order valence-corrected chi connectivity index (χ2v) is 8.08. The Balaban J connectivity index is 1.88. The van der Waals surface area contributed by atoms with E-state index in [1.165, 1.54) is 12.1 Å². The van der Waals surface area contributed by atoms with Gasteiger partial charge in [0, 0.05) is 29.7 Å². The van der Waals surface area contributed by atoms with E-state index in [-0.39, 0.29) is 17.1 Å². The Labute approximate surface area is 161 Å². The molecule has 3 rings (SSSR count). The molecule has 0 saturated carbocycles. The van der Waals surface area contributed by atoms with Crippen molar-refractivity contribution in [3.8, 4) is 0 Å². The molecule has 0 unspecified atom stereocenters. The van der Waals surface area contributed by atoms with Crippen molar-refractivity contribution in [2.24, 2.45) is 12.2 Å². The summed E-state index contributed by atoms with van der Waals surface area (Å²) in [6, 6.07) is 13.5. The molecular formula is C19H16ClFN2O3S. The van der Waals surface area contributed by atoms with Gasteiger partial charge in [0.05, 0.1) is 10.6 Å². The molecule has 0 bridgehead atoms. The number of hydrogen-bond donors (Lipinski definition) is 1. The lowest BCUT2D eigenvalue weighted by Crippen LogP contribution is -2.13. The maximum absolute atomic E-state index is 14.3. The number of nitrogens with two attached hydrogens (primary N) is 1. The first-order valence-corrected chi connectivity index (χ1v) is 9.85. The van der Waals surface area contributed by atoms with Crippen LogP contribution in [0.1, 0.15) is 27.3 Å². The van der Waals surface area contributed by atoms with Crippen LogP contribution in [0.4, 0.5) is 4.39 Å². The standard InChI is InChI=1S/C19H16ClFN2O3S/c1-23-15(10-13-4-8-16(11-17(13)21)27(22,25)26)7-9-18(23)19(24)12-2-5-14(20)6-3-12/h2-9,11H,10H2,1H3,(H2,22,25,26). The molecule has 0 fully saturated rings. The number of benzene rings is 2. The van der Waals surface area contributed by atoms with Gasteiger partial charge in [-0.3, -0.25) is 4.79 Å². The number of hydrogen-bond acceptors (Lipinski definition) is 3. The van der Waals surface area contributed by atoms with Gasteiger partial charge in [0.15, 0.2) is 0 Å². The highest BCUT2D eigenvalue weighted by molar-refractivity contribution is 7.89. The highest BCUT2D eigenvalue weighted by atomic mass is 35.5. The molecule has 0 spiro atoms. The Morgan fingerprint density at radius 1 is 1.11 bits per heavy atom. The Hall–Kier alpha value is -2.48. The van der Waals surface area contributed by atoms with Crippen LogP contribution in [-0.2, 0) is 23.5 Å². The quantitative estimate of drug-likeness (QED) is 0.660. The third-order valence-corrected chi connectivity index (χ3v) is 5.45. The molecule has 140 valence electrons. The van der Waals surface area contributed by atoms with E-state index in [0.717, 1.165) is 6.07 Å². The molecule has 5 nitrogen and oxygen atoms in total. The molecule has 3 aromatic rings.